The van der Waals surface area contributed by atoms with Crippen LogP contribution in [0.25, 0.3) is 0 Å². The first kappa shape index (κ1) is 29.2. The highest BCUT2D eigenvalue weighted by Gasteiger charge is 2.39. The molecule has 0 aromatic heterocycles. The number of likely N-dealkylation sites (tertiary alicyclic amines) is 1. The van der Waals surface area contributed by atoms with E-state index in [1.807, 2.05) is 26.8 Å². The molecular weight excluding hydrogens is 488 g/mol. The van der Waals surface area contributed by atoms with Gasteiger partial charge >= 0.3 is 12.1 Å². The number of carbonyl (C=O) groups excluding carboxylic acids is 3. The van der Waals surface area contributed by atoms with Crippen molar-refractivity contribution in [3.63, 3.8) is 0 Å². The normalized spacial score (nSPS) is 21.4. The molecule has 3 amide bonds. The molecule has 0 bridgehead atoms. The summed E-state index contributed by atoms with van der Waals surface area (Å²) >= 11 is 0. The molecule has 2 heterocycles. The third kappa shape index (κ3) is 6.72. The van der Waals surface area contributed by atoms with Crippen LogP contribution in [0, 0.1) is 0 Å². The van der Waals surface area contributed by atoms with E-state index in [2.05, 4.69) is 5.32 Å². The summed E-state index contributed by atoms with van der Waals surface area (Å²) in [4.78, 5) is 56.0. The number of rotatable bonds is 8. The summed E-state index contributed by atoms with van der Waals surface area (Å²) in [5, 5.41) is 11.9. The first-order valence-electron chi connectivity index (χ1n) is 13.0. The van der Waals surface area contributed by atoms with Crippen molar-refractivity contribution in [3.8, 4) is 0 Å². The van der Waals surface area contributed by atoms with Crippen LogP contribution in [0.2, 0.25) is 0 Å². The minimum Gasteiger partial charge on any atom is -0.478 e. The van der Waals surface area contributed by atoms with Crippen molar-refractivity contribution in [1.82, 2.24) is 20.0 Å². The van der Waals surface area contributed by atoms with Crippen LogP contribution in [0.15, 0.2) is 36.0 Å². The summed E-state index contributed by atoms with van der Waals surface area (Å²) in [6, 6.07) is 4.72. The molecule has 0 aliphatic carbocycles. The average Bonchev–Trinajstić information content (AvgIpc) is 3.38. The largest absolute Gasteiger partial charge is 0.478 e. The van der Waals surface area contributed by atoms with E-state index >= 15 is 0 Å². The highest BCUT2D eigenvalue weighted by molar-refractivity contribution is 5.90. The van der Waals surface area contributed by atoms with Crippen LogP contribution in [0.1, 0.15) is 76.3 Å². The lowest BCUT2D eigenvalue weighted by Gasteiger charge is -2.33. The Morgan fingerprint density at radius 1 is 1.21 bits per heavy atom. The molecule has 0 spiro atoms. The number of allylic oxidation sites excluding steroid dienone is 1. The number of hydrogen-bond acceptors (Lipinski definition) is 6. The van der Waals surface area contributed by atoms with E-state index in [0.29, 0.717) is 6.54 Å². The lowest BCUT2D eigenvalue weighted by atomic mass is 10.0. The first-order valence-corrected chi connectivity index (χ1v) is 13.0. The molecule has 1 fully saturated rings. The summed E-state index contributed by atoms with van der Waals surface area (Å²) in [5.74, 6) is -1.35. The highest BCUT2D eigenvalue weighted by Crippen LogP contribution is 2.31. The van der Waals surface area contributed by atoms with Gasteiger partial charge < -0.3 is 25.0 Å². The number of nitrogens with zero attached hydrogens (tertiary/aromatic N) is 3. The SMILES string of the molecule is CC1=C[C@H](N(C)C[C@H](NC(=O)OC(C)(C)C)C(=O)N2CCC[C@H]2C)C(=O)N1C(C)c1ccc(C(=O)O)cc1. The number of likely N-dealkylation sites (N-methyl/N-ethyl adjacent to an activating group) is 1. The molecule has 1 aromatic carbocycles. The van der Waals surface area contributed by atoms with E-state index in [1.54, 1.807) is 54.7 Å². The molecule has 10 nitrogen and oxygen atoms in total. The molecule has 1 aromatic rings. The van der Waals surface area contributed by atoms with Gasteiger partial charge in [-0.25, -0.2) is 9.59 Å². The molecule has 2 aliphatic heterocycles. The van der Waals surface area contributed by atoms with Crippen molar-refractivity contribution < 1.29 is 29.0 Å². The van der Waals surface area contributed by atoms with E-state index in [-0.39, 0.29) is 36.0 Å². The minimum atomic E-state index is -1.01. The van der Waals surface area contributed by atoms with Gasteiger partial charge in [0.2, 0.25) is 11.8 Å². The predicted octanol–water partition coefficient (Wildman–Crippen LogP) is 3.40. The fourth-order valence-electron chi connectivity index (χ4n) is 5.06. The van der Waals surface area contributed by atoms with Crippen molar-refractivity contribution in [2.75, 3.05) is 20.1 Å². The Kier molecular flexibility index (Phi) is 8.86. The van der Waals surface area contributed by atoms with Crippen LogP contribution in [0.4, 0.5) is 4.79 Å². The molecule has 2 aliphatic rings. The van der Waals surface area contributed by atoms with Crippen molar-refractivity contribution in [1.29, 1.82) is 0 Å². The van der Waals surface area contributed by atoms with Crippen molar-refractivity contribution in [2.45, 2.75) is 84.2 Å². The second-order valence-corrected chi connectivity index (χ2v) is 11.2. The summed E-state index contributed by atoms with van der Waals surface area (Å²) in [5.41, 5.74) is 1.03. The highest BCUT2D eigenvalue weighted by atomic mass is 16.6. The maximum absolute atomic E-state index is 13.5. The molecule has 3 rings (SSSR count). The van der Waals surface area contributed by atoms with E-state index < -0.39 is 29.7 Å². The quantitative estimate of drug-likeness (QED) is 0.531. The van der Waals surface area contributed by atoms with Crippen molar-refractivity contribution >= 4 is 23.9 Å². The van der Waals surface area contributed by atoms with Crippen molar-refractivity contribution in [2.24, 2.45) is 0 Å². The number of carboxylic acid groups (broad SMARTS) is 1. The topological polar surface area (TPSA) is 119 Å². The van der Waals surface area contributed by atoms with Gasteiger partial charge in [-0.05, 0) is 85.2 Å². The van der Waals surface area contributed by atoms with Gasteiger partial charge in [0.05, 0.1) is 11.6 Å². The maximum atomic E-state index is 13.5. The summed E-state index contributed by atoms with van der Waals surface area (Å²) in [7, 11) is 1.76. The standard InChI is InChI=1S/C28H40N4O6/c1-17-9-8-14-31(17)24(33)22(29-27(37)38-28(4,5)6)16-30(7)23-15-18(2)32(25(23)34)19(3)20-10-12-21(13-11-20)26(35)36/h10-13,15,17,19,22-23H,8-9,14,16H2,1-7H3,(H,29,37)(H,35,36)/t17-,19?,22+,23+/m1/s1. The number of benzene rings is 1. The van der Waals surface area contributed by atoms with Crippen LogP contribution in [0.5, 0.6) is 0 Å². The first-order chi connectivity index (χ1) is 17.7. The number of carboxylic acids is 1. The van der Waals surface area contributed by atoms with Crippen LogP contribution < -0.4 is 5.32 Å². The van der Waals surface area contributed by atoms with E-state index in [0.717, 1.165) is 24.1 Å². The second-order valence-electron chi connectivity index (χ2n) is 11.2. The molecule has 1 unspecified atom stereocenters. The Labute approximate surface area is 224 Å². The number of amides is 3. The van der Waals surface area contributed by atoms with Crippen LogP contribution in [-0.4, -0.2) is 87.5 Å². The zero-order valence-corrected chi connectivity index (χ0v) is 23.4. The summed E-state index contributed by atoms with van der Waals surface area (Å²) < 4.78 is 5.41. The summed E-state index contributed by atoms with van der Waals surface area (Å²) in [6.07, 6.45) is 2.98. The average molecular weight is 529 g/mol. The summed E-state index contributed by atoms with van der Waals surface area (Å²) in [6.45, 7) is 11.8. The Morgan fingerprint density at radius 3 is 2.37 bits per heavy atom. The van der Waals surface area contributed by atoms with Gasteiger partial charge in [0.1, 0.15) is 17.7 Å². The molecule has 10 heteroatoms. The monoisotopic (exact) mass is 528 g/mol. The number of ether oxygens (including phenoxy) is 1. The lowest BCUT2D eigenvalue weighted by molar-refractivity contribution is -0.137. The van der Waals surface area contributed by atoms with Crippen molar-refractivity contribution in [3.05, 3.63) is 47.2 Å². The number of aromatic carboxylic acids is 1. The fraction of sp³-hybridized carbons (Fsp3) is 0.571. The molecule has 0 radical (unpaired) electrons. The van der Waals surface area contributed by atoms with Gasteiger partial charge in [0.25, 0.3) is 0 Å². The number of hydrogen-bond donors (Lipinski definition) is 2. The number of alkyl carbamates (subject to hydrolysis) is 1. The smallest absolute Gasteiger partial charge is 0.408 e. The zero-order valence-electron chi connectivity index (χ0n) is 23.4. The molecule has 2 N–H and O–H groups in total. The molecule has 1 saturated heterocycles. The van der Waals surface area contributed by atoms with E-state index in [9.17, 15) is 24.3 Å². The minimum absolute atomic E-state index is 0.0786. The van der Waals surface area contributed by atoms with Gasteiger partial charge in [0, 0.05) is 24.8 Å². The van der Waals surface area contributed by atoms with Gasteiger partial charge in [-0.3, -0.25) is 14.5 Å². The second kappa shape index (κ2) is 11.6. The molecule has 0 saturated carbocycles. The maximum Gasteiger partial charge on any atom is 0.408 e. The Morgan fingerprint density at radius 2 is 1.84 bits per heavy atom. The predicted molar refractivity (Wildman–Crippen MR) is 142 cm³/mol. The van der Waals surface area contributed by atoms with Gasteiger partial charge in [-0.1, -0.05) is 12.1 Å². The van der Waals surface area contributed by atoms with Crippen LogP contribution in [-0.2, 0) is 14.3 Å². The van der Waals surface area contributed by atoms with Gasteiger partial charge in [-0.2, -0.15) is 0 Å². The van der Waals surface area contributed by atoms with E-state index in [4.69, 9.17) is 4.74 Å². The third-order valence-electron chi connectivity index (χ3n) is 7.07. The fourth-order valence-corrected chi connectivity index (χ4v) is 5.06. The molecule has 4 atom stereocenters. The number of carbonyl (C=O) groups is 4. The molecule has 38 heavy (non-hydrogen) atoms. The lowest BCUT2D eigenvalue weighted by Crippen LogP contribution is -2.56. The van der Waals surface area contributed by atoms with Crippen LogP contribution in [0.3, 0.4) is 0 Å². The van der Waals surface area contributed by atoms with E-state index in [1.165, 1.54) is 12.1 Å². The molecule has 208 valence electrons. The van der Waals surface area contributed by atoms with Gasteiger partial charge in [0.15, 0.2) is 0 Å². The number of nitrogens with one attached hydrogen (secondary N) is 1. The van der Waals surface area contributed by atoms with Crippen LogP contribution >= 0.6 is 0 Å². The molecular formula is C28H40N4O6. The Hall–Kier alpha value is -3.40. The Bertz CT molecular complexity index is 1090. The third-order valence-corrected chi connectivity index (χ3v) is 7.07. The Balaban J connectivity index is 1.76. The van der Waals surface area contributed by atoms with Gasteiger partial charge in [-0.15, -0.1) is 0 Å². The zero-order chi connectivity index (χ0) is 28.4.